The van der Waals surface area contributed by atoms with Crippen molar-refractivity contribution in [2.75, 3.05) is 7.05 Å². The molecule has 0 aliphatic carbocycles. The summed E-state index contributed by atoms with van der Waals surface area (Å²) in [6, 6.07) is 7.81. The fourth-order valence-electron chi connectivity index (χ4n) is 2.51. The zero-order chi connectivity index (χ0) is 17.6. The fourth-order valence-corrected chi connectivity index (χ4v) is 2.51. The van der Waals surface area contributed by atoms with Gasteiger partial charge in [-0.05, 0) is 68.9 Å². The highest BCUT2D eigenvalue weighted by atomic mass is 16.1. The Labute approximate surface area is 141 Å². The maximum absolute atomic E-state index is 11.6. The Hall–Kier alpha value is -1.96. The van der Waals surface area contributed by atoms with E-state index in [9.17, 15) is 4.79 Å². The Bertz CT molecular complexity index is 656. The van der Waals surface area contributed by atoms with Crippen LogP contribution in [0.5, 0.6) is 0 Å². The first kappa shape index (κ1) is 19.1. The number of Topliss-reactive ketones (excluding diaryl/α,β-unsaturated/α-hetero) is 1. The monoisotopic (exact) mass is 311 g/mol. The number of carbonyl (C=O) groups is 1. The molecule has 0 fully saturated rings. The molecular weight excluding hydrogens is 282 g/mol. The van der Waals surface area contributed by atoms with Crippen LogP contribution in [0, 0.1) is 5.92 Å². The molecule has 0 saturated carbocycles. The summed E-state index contributed by atoms with van der Waals surface area (Å²) in [7, 11) is 1.86. The minimum Gasteiger partial charge on any atom is -0.295 e. The third-order valence-corrected chi connectivity index (χ3v) is 3.81. The largest absolute Gasteiger partial charge is 0.295 e. The van der Waals surface area contributed by atoms with Gasteiger partial charge in [-0.1, -0.05) is 37.6 Å². The Kier molecular flexibility index (Phi) is 7.15. The average molecular weight is 311 g/mol. The van der Waals surface area contributed by atoms with Crippen LogP contribution in [0.2, 0.25) is 0 Å². The molecule has 0 saturated heterocycles. The van der Waals surface area contributed by atoms with Gasteiger partial charge in [0, 0.05) is 18.3 Å². The van der Waals surface area contributed by atoms with Crippen LogP contribution >= 0.6 is 0 Å². The third kappa shape index (κ3) is 5.63. The molecule has 2 nitrogen and oxygen atoms in total. The van der Waals surface area contributed by atoms with Gasteiger partial charge in [-0.3, -0.25) is 9.79 Å². The second-order valence-corrected chi connectivity index (χ2v) is 6.65. The molecule has 0 heterocycles. The van der Waals surface area contributed by atoms with Gasteiger partial charge in [0.2, 0.25) is 0 Å². The van der Waals surface area contributed by atoms with E-state index in [0.717, 1.165) is 28.8 Å². The van der Waals surface area contributed by atoms with E-state index in [2.05, 4.69) is 45.7 Å². The maximum atomic E-state index is 11.6. The van der Waals surface area contributed by atoms with Gasteiger partial charge in [0.25, 0.3) is 0 Å². The lowest BCUT2D eigenvalue weighted by atomic mass is 9.93. The van der Waals surface area contributed by atoms with Crippen molar-refractivity contribution in [2.24, 2.45) is 10.9 Å². The summed E-state index contributed by atoms with van der Waals surface area (Å²) in [4.78, 5) is 16.1. The Morgan fingerprint density at radius 3 is 2.22 bits per heavy atom. The summed E-state index contributed by atoms with van der Waals surface area (Å²) in [5.74, 6) is 0.663. The molecule has 1 aromatic rings. The zero-order valence-electron chi connectivity index (χ0n) is 15.5. The zero-order valence-corrected chi connectivity index (χ0v) is 15.5. The SMILES string of the molecule is C/N=C(/CC(C)C)C(/C=C(\C)c1cccc(C(C)=O)c1)=C(C)C. The van der Waals surface area contributed by atoms with Crippen LogP contribution in [0.15, 0.2) is 46.5 Å². The fraction of sp³-hybridized carbons (Fsp3) is 0.429. The van der Waals surface area contributed by atoms with E-state index in [1.54, 1.807) is 6.92 Å². The lowest BCUT2D eigenvalue weighted by molar-refractivity contribution is 0.101. The summed E-state index contributed by atoms with van der Waals surface area (Å²) in [5.41, 5.74) is 6.58. The smallest absolute Gasteiger partial charge is 0.159 e. The molecule has 0 aliphatic heterocycles. The molecule has 1 aromatic carbocycles. The first-order chi connectivity index (χ1) is 10.8. The molecule has 0 aliphatic rings. The molecule has 0 bridgehead atoms. The van der Waals surface area contributed by atoms with Crippen molar-refractivity contribution in [1.82, 2.24) is 0 Å². The Balaban J connectivity index is 3.26. The van der Waals surface area contributed by atoms with Crippen LogP contribution in [0.4, 0.5) is 0 Å². The highest BCUT2D eigenvalue weighted by molar-refractivity contribution is 6.04. The molecule has 0 atom stereocenters. The summed E-state index contributed by atoms with van der Waals surface area (Å²) < 4.78 is 0. The van der Waals surface area contributed by atoms with Crippen molar-refractivity contribution < 1.29 is 4.79 Å². The maximum Gasteiger partial charge on any atom is 0.159 e. The second kappa shape index (κ2) is 8.61. The lowest BCUT2D eigenvalue weighted by Crippen LogP contribution is -2.07. The minimum atomic E-state index is 0.0951. The van der Waals surface area contributed by atoms with Gasteiger partial charge in [-0.2, -0.15) is 0 Å². The Morgan fingerprint density at radius 2 is 1.74 bits per heavy atom. The predicted molar refractivity (Wildman–Crippen MR) is 101 cm³/mol. The standard InChI is InChI=1S/C21H29NO/c1-14(2)11-21(22-7)20(15(3)4)12-16(5)18-9-8-10-19(13-18)17(6)23/h8-10,12-14H,11H2,1-7H3/b16-12+,22-21-. The molecule has 124 valence electrons. The number of aliphatic imine (C=N–C) groups is 1. The number of carbonyl (C=O) groups excluding carboxylic acids is 1. The molecule has 23 heavy (non-hydrogen) atoms. The number of hydrogen-bond donors (Lipinski definition) is 0. The van der Waals surface area contributed by atoms with Crippen LogP contribution in [-0.4, -0.2) is 18.5 Å². The molecule has 0 amide bonds. The van der Waals surface area contributed by atoms with Gasteiger partial charge in [0.1, 0.15) is 0 Å². The van der Waals surface area contributed by atoms with Crippen LogP contribution < -0.4 is 0 Å². The average Bonchev–Trinajstić information content (AvgIpc) is 2.49. The molecular formula is C21H29NO. The number of allylic oxidation sites excluding steroid dienone is 4. The Morgan fingerprint density at radius 1 is 1.13 bits per heavy atom. The van der Waals surface area contributed by atoms with E-state index in [-0.39, 0.29) is 5.78 Å². The highest BCUT2D eigenvalue weighted by Crippen LogP contribution is 2.22. The second-order valence-electron chi connectivity index (χ2n) is 6.65. The van der Waals surface area contributed by atoms with E-state index < -0.39 is 0 Å². The molecule has 1 rings (SSSR count). The van der Waals surface area contributed by atoms with Gasteiger partial charge >= 0.3 is 0 Å². The van der Waals surface area contributed by atoms with Crippen molar-refractivity contribution >= 4 is 17.1 Å². The van der Waals surface area contributed by atoms with E-state index in [0.29, 0.717) is 5.92 Å². The van der Waals surface area contributed by atoms with Crippen LogP contribution in [0.1, 0.15) is 63.9 Å². The van der Waals surface area contributed by atoms with Gasteiger partial charge in [0.05, 0.1) is 0 Å². The topological polar surface area (TPSA) is 29.4 Å². The predicted octanol–water partition coefficient (Wildman–Crippen LogP) is 5.75. The summed E-state index contributed by atoms with van der Waals surface area (Å²) >= 11 is 0. The lowest BCUT2D eigenvalue weighted by Gasteiger charge is -2.13. The van der Waals surface area contributed by atoms with E-state index >= 15 is 0 Å². The van der Waals surface area contributed by atoms with Gasteiger partial charge < -0.3 is 0 Å². The van der Waals surface area contributed by atoms with Crippen molar-refractivity contribution in [3.8, 4) is 0 Å². The van der Waals surface area contributed by atoms with Crippen LogP contribution in [0.3, 0.4) is 0 Å². The van der Waals surface area contributed by atoms with Crippen molar-refractivity contribution in [1.29, 1.82) is 0 Å². The van der Waals surface area contributed by atoms with E-state index in [1.165, 1.54) is 11.1 Å². The highest BCUT2D eigenvalue weighted by Gasteiger charge is 2.10. The van der Waals surface area contributed by atoms with Crippen molar-refractivity contribution in [2.45, 2.75) is 48.0 Å². The van der Waals surface area contributed by atoms with E-state index in [1.807, 2.05) is 31.3 Å². The summed E-state index contributed by atoms with van der Waals surface area (Å²) in [6.07, 6.45) is 3.16. The number of hydrogen-bond acceptors (Lipinski definition) is 2. The first-order valence-electron chi connectivity index (χ1n) is 8.19. The van der Waals surface area contributed by atoms with E-state index in [4.69, 9.17) is 0 Å². The summed E-state index contributed by atoms with van der Waals surface area (Å²) in [6.45, 7) is 12.4. The quantitative estimate of drug-likeness (QED) is 0.374. The third-order valence-electron chi connectivity index (χ3n) is 3.81. The van der Waals surface area contributed by atoms with Crippen molar-refractivity contribution in [3.05, 3.63) is 52.6 Å². The molecule has 0 unspecified atom stereocenters. The molecule has 0 spiro atoms. The first-order valence-corrected chi connectivity index (χ1v) is 8.19. The van der Waals surface area contributed by atoms with Crippen LogP contribution in [0.25, 0.3) is 5.57 Å². The molecule has 0 aromatic heterocycles. The molecule has 0 radical (unpaired) electrons. The van der Waals surface area contributed by atoms with Gasteiger partial charge in [-0.15, -0.1) is 0 Å². The molecule has 2 heteroatoms. The number of benzene rings is 1. The van der Waals surface area contributed by atoms with Crippen molar-refractivity contribution in [3.63, 3.8) is 0 Å². The number of nitrogens with zero attached hydrogens (tertiary/aromatic N) is 1. The normalized spacial score (nSPS) is 12.5. The summed E-state index contributed by atoms with van der Waals surface area (Å²) in [5, 5.41) is 0. The van der Waals surface area contributed by atoms with Crippen LogP contribution in [-0.2, 0) is 0 Å². The number of ketones is 1. The number of rotatable bonds is 6. The molecule has 0 N–H and O–H groups in total. The van der Waals surface area contributed by atoms with Gasteiger partial charge in [0.15, 0.2) is 5.78 Å². The van der Waals surface area contributed by atoms with Gasteiger partial charge in [-0.25, -0.2) is 0 Å². The minimum absolute atomic E-state index is 0.0951.